The molecule has 12 nitrogen and oxygen atoms in total. The molecule has 41 heavy (non-hydrogen) atoms. The molecule has 0 spiro atoms. The van der Waals surface area contributed by atoms with Crippen molar-refractivity contribution in [3.05, 3.63) is 54.4 Å². The number of sulfonamides is 1. The van der Waals surface area contributed by atoms with Crippen LogP contribution >= 0.6 is 0 Å². The first-order valence-electron chi connectivity index (χ1n) is 12.6. The lowest BCUT2D eigenvalue weighted by Gasteiger charge is -2.18. The number of pyridine rings is 1. The van der Waals surface area contributed by atoms with Crippen molar-refractivity contribution in [3.8, 4) is 28.8 Å². The molecule has 0 unspecified atom stereocenters. The van der Waals surface area contributed by atoms with E-state index < -0.39 is 16.0 Å². The van der Waals surface area contributed by atoms with Crippen LogP contribution in [0.15, 0.2) is 53.7 Å². The maximum Gasteiger partial charge on any atom is 0.335 e. The highest BCUT2D eigenvalue weighted by Crippen LogP contribution is 2.37. The van der Waals surface area contributed by atoms with Crippen molar-refractivity contribution in [2.45, 2.75) is 44.7 Å². The number of hydrogen-bond donors (Lipinski definition) is 3. The topological polar surface area (TPSA) is 162 Å². The molecule has 216 valence electrons. The molecule has 0 fully saturated rings. The van der Waals surface area contributed by atoms with Crippen LogP contribution in [0, 0.1) is 0 Å². The summed E-state index contributed by atoms with van der Waals surface area (Å²) in [5.74, 6) is -0.547. The Morgan fingerprint density at radius 3 is 2.37 bits per heavy atom. The molecule has 2 aromatic carbocycles. The number of nitrogens with zero attached hydrogens (tertiary/aromatic N) is 3. The van der Waals surface area contributed by atoms with Crippen LogP contribution in [0.3, 0.4) is 0 Å². The fourth-order valence-corrected chi connectivity index (χ4v) is 5.50. The molecule has 0 saturated heterocycles. The van der Waals surface area contributed by atoms with E-state index in [-0.39, 0.29) is 40.2 Å². The summed E-state index contributed by atoms with van der Waals surface area (Å²) in [6.07, 6.45) is 2.61. The molecular weight excluding hydrogens is 550 g/mol. The van der Waals surface area contributed by atoms with Crippen molar-refractivity contribution in [3.63, 3.8) is 0 Å². The van der Waals surface area contributed by atoms with Crippen LogP contribution in [-0.2, 0) is 10.0 Å². The monoisotopic (exact) mass is 581 g/mol. The minimum Gasteiger partial charge on any atom is -0.491 e. The Hall–Kier alpha value is -4.49. The summed E-state index contributed by atoms with van der Waals surface area (Å²) in [6, 6.07) is 9.42. The Morgan fingerprint density at radius 2 is 1.73 bits per heavy atom. The molecule has 0 aliphatic carbocycles. The third kappa shape index (κ3) is 6.64. The van der Waals surface area contributed by atoms with Crippen molar-refractivity contribution in [2.24, 2.45) is 0 Å². The van der Waals surface area contributed by atoms with E-state index in [2.05, 4.69) is 25.0 Å². The number of carbonyl (C=O) groups is 1. The molecule has 0 aliphatic rings. The van der Waals surface area contributed by atoms with Crippen molar-refractivity contribution < 1.29 is 32.5 Å². The smallest absolute Gasteiger partial charge is 0.335 e. The minimum atomic E-state index is -4.01. The Labute approximate surface area is 237 Å². The van der Waals surface area contributed by atoms with E-state index in [1.54, 1.807) is 44.3 Å². The number of nitrogens with one attached hydrogen (secondary N) is 2. The maximum atomic E-state index is 13.4. The Bertz CT molecular complexity index is 1710. The van der Waals surface area contributed by atoms with Crippen LogP contribution in [0.1, 0.15) is 38.1 Å². The van der Waals surface area contributed by atoms with Gasteiger partial charge in [-0.25, -0.2) is 22.9 Å². The predicted octanol–water partition coefficient (Wildman–Crippen LogP) is 4.62. The number of hydrogen-bond acceptors (Lipinski definition) is 10. The van der Waals surface area contributed by atoms with Gasteiger partial charge in [-0.1, -0.05) is 12.1 Å². The van der Waals surface area contributed by atoms with Gasteiger partial charge >= 0.3 is 12.0 Å². The molecule has 0 saturated carbocycles. The van der Waals surface area contributed by atoms with Gasteiger partial charge in [0.1, 0.15) is 10.6 Å². The van der Waals surface area contributed by atoms with Gasteiger partial charge in [-0.15, -0.1) is 0 Å². The Morgan fingerprint density at radius 1 is 0.976 bits per heavy atom. The van der Waals surface area contributed by atoms with E-state index >= 15 is 0 Å². The van der Waals surface area contributed by atoms with Crippen LogP contribution in [0.2, 0.25) is 0 Å². The van der Waals surface area contributed by atoms with E-state index in [1.165, 1.54) is 32.5 Å². The fraction of sp³-hybridized carbons (Fsp3) is 0.286. The largest absolute Gasteiger partial charge is 0.491 e. The maximum absolute atomic E-state index is 13.4. The third-order valence-corrected chi connectivity index (χ3v) is 7.40. The average Bonchev–Trinajstić information content (AvgIpc) is 2.91. The highest BCUT2D eigenvalue weighted by atomic mass is 32.2. The van der Waals surface area contributed by atoms with Gasteiger partial charge in [0, 0.05) is 35.6 Å². The van der Waals surface area contributed by atoms with Gasteiger partial charge in [0.05, 0.1) is 42.7 Å². The second kappa shape index (κ2) is 11.9. The Kier molecular flexibility index (Phi) is 8.59. The second-order valence-electron chi connectivity index (χ2n) is 9.63. The van der Waals surface area contributed by atoms with Gasteiger partial charge in [-0.3, -0.25) is 4.98 Å². The lowest BCUT2D eigenvalue weighted by Crippen LogP contribution is -2.30. The fourth-order valence-electron chi connectivity index (χ4n) is 4.13. The zero-order valence-electron chi connectivity index (χ0n) is 23.4. The number of aromatic carboxylic acids is 1. The van der Waals surface area contributed by atoms with Gasteiger partial charge in [-0.05, 0) is 51.5 Å². The van der Waals surface area contributed by atoms with E-state index in [0.717, 1.165) is 0 Å². The van der Waals surface area contributed by atoms with Crippen LogP contribution in [0.5, 0.6) is 17.6 Å². The number of fused-ring (bicyclic) bond motifs is 1. The van der Waals surface area contributed by atoms with Crippen molar-refractivity contribution >= 4 is 38.3 Å². The summed E-state index contributed by atoms with van der Waals surface area (Å²) in [5.41, 5.74) is 2.22. The lowest BCUT2D eigenvalue weighted by molar-refractivity contribution is 0.0696. The van der Waals surface area contributed by atoms with Gasteiger partial charge in [0.25, 0.3) is 0 Å². The summed E-state index contributed by atoms with van der Waals surface area (Å²) < 4.78 is 45.6. The molecule has 0 atom stereocenters. The zero-order valence-corrected chi connectivity index (χ0v) is 24.2. The molecular formula is C28H31N5O7S. The number of methoxy groups -OCH3 is 2. The zero-order chi connectivity index (χ0) is 29.9. The number of aromatic nitrogens is 3. The van der Waals surface area contributed by atoms with E-state index in [9.17, 15) is 18.3 Å². The quantitative estimate of drug-likeness (QED) is 0.226. The lowest BCUT2D eigenvalue weighted by atomic mass is 10.0. The number of anilines is 2. The first-order chi connectivity index (χ1) is 19.4. The standard InChI is InChI=1S/C28H31N5O7S/c1-15(2)33-41(36,37)24-14-29-23-11-17(22-13-30-28(39-6)32-26(22)38-5)7-8-21(23)25(24)31-19-9-18(27(34)35)10-20(12-19)40-16(3)4/h7-16,33H,1-6H3,(H,29,31)(H,34,35). The molecule has 13 heteroatoms. The molecule has 2 heterocycles. The number of carboxylic acids is 1. The molecule has 3 N–H and O–H groups in total. The van der Waals surface area contributed by atoms with Gasteiger partial charge in [0.2, 0.25) is 15.9 Å². The van der Waals surface area contributed by atoms with Crippen LogP contribution < -0.4 is 24.2 Å². The summed E-state index contributed by atoms with van der Waals surface area (Å²) in [4.78, 5) is 24.6. The number of ether oxygens (including phenoxy) is 3. The molecule has 4 aromatic rings. The third-order valence-electron chi connectivity index (χ3n) is 5.73. The molecule has 2 aromatic heterocycles. The van der Waals surface area contributed by atoms with E-state index in [4.69, 9.17) is 14.2 Å². The minimum absolute atomic E-state index is 0.0254. The predicted molar refractivity (Wildman–Crippen MR) is 154 cm³/mol. The van der Waals surface area contributed by atoms with E-state index in [1.807, 2.05) is 13.8 Å². The summed E-state index contributed by atoms with van der Waals surface area (Å²) >= 11 is 0. The SMILES string of the molecule is COc1ncc(-c2ccc3c(Nc4cc(OC(C)C)cc(C(=O)O)c4)c(S(=O)(=O)NC(C)C)cnc3c2)c(OC)n1. The molecule has 0 bridgehead atoms. The average molecular weight is 582 g/mol. The van der Waals surface area contributed by atoms with Crippen molar-refractivity contribution in [2.75, 3.05) is 19.5 Å². The summed E-state index contributed by atoms with van der Waals surface area (Å²) in [7, 11) is -1.08. The van der Waals surface area contributed by atoms with Gasteiger partial charge in [0.15, 0.2) is 0 Å². The molecule has 0 amide bonds. The van der Waals surface area contributed by atoms with Gasteiger partial charge < -0.3 is 24.6 Å². The van der Waals surface area contributed by atoms with Crippen LogP contribution in [0.25, 0.3) is 22.0 Å². The number of benzene rings is 2. The first-order valence-corrected chi connectivity index (χ1v) is 14.1. The van der Waals surface area contributed by atoms with Gasteiger partial charge in [-0.2, -0.15) is 4.98 Å². The number of carboxylic acid groups (broad SMARTS) is 1. The highest BCUT2D eigenvalue weighted by Gasteiger charge is 2.24. The van der Waals surface area contributed by atoms with Crippen LogP contribution in [0.4, 0.5) is 11.4 Å². The summed E-state index contributed by atoms with van der Waals surface area (Å²) in [5, 5.41) is 13.3. The van der Waals surface area contributed by atoms with Crippen LogP contribution in [-0.4, -0.2) is 60.8 Å². The highest BCUT2D eigenvalue weighted by molar-refractivity contribution is 7.89. The second-order valence-corrected chi connectivity index (χ2v) is 11.3. The summed E-state index contributed by atoms with van der Waals surface area (Å²) in [6.45, 7) is 7.06. The van der Waals surface area contributed by atoms with Crippen molar-refractivity contribution in [1.29, 1.82) is 0 Å². The van der Waals surface area contributed by atoms with E-state index in [0.29, 0.717) is 33.5 Å². The first kappa shape index (κ1) is 29.5. The number of rotatable bonds is 11. The normalized spacial score (nSPS) is 11.6. The molecule has 0 aliphatic heterocycles. The molecule has 4 rings (SSSR count). The Balaban J connectivity index is 1.92. The molecule has 0 radical (unpaired) electrons. The van der Waals surface area contributed by atoms with Crippen molar-refractivity contribution in [1.82, 2.24) is 19.7 Å².